The van der Waals surface area contributed by atoms with E-state index in [1.54, 1.807) is 0 Å². The quantitative estimate of drug-likeness (QED) is 0.367. The molecule has 3 aromatic heterocycles. The highest BCUT2D eigenvalue weighted by atomic mass is 32.2. The van der Waals surface area contributed by atoms with Crippen molar-refractivity contribution in [1.82, 2.24) is 20.2 Å². The van der Waals surface area contributed by atoms with Gasteiger partial charge in [0.25, 0.3) is 5.56 Å². The lowest BCUT2D eigenvalue weighted by atomic mass is 10.1. The SMILES string of the molecule is Cc1ccc(Nc2nnc(SCc3nc4c(oc5ccccc54)c(=O)[nH]3)s2)cc1C. The maximum absolute atomic E-state index is 12.4. The molecule has 150 valence electrons. The van der Waals surface area contributed by atoms with Crippen molar-refractivity contribution in [3.63, 3.8) is 0 Å². The number of furan rings is 1. The molecule has 0 bridgehead atoms. The molecule has 3 heterocycles. The first-order chi connectivity index (χ1) is 14.6. The van der Waals surface area contributed by atoms with Gasteiger partial charge in [-0.1, -0.05) is 41.3 Å². The van der Waals surface area contributed by atoms with Crippen LogP contribution in [0.1, 0.15) is 17.0 Å². The van der Waals surface area contributed by atoms with Crippen molar-refractivity contribution in [2.24, 2.45) is 0 Å². The largest absolute Gasteiger partial charge is 0.449 e. The van der Waals surface area contributed by atoms with Gasteiger partial charge in [0.1, 0.15) is 16.9 Å². The summed E-state index contributed by atoms with van der Waals surface area (Å²) in [6, 6.07) is 13.7. The van der Waals surface area contributed by atoms with E-state index in [0.717, 1.165) is 20.5 Å². The number of hydrogen-bond acceptors (Lipinski definition) is 8. The van der Waals surface area contributed by atoms with Gasteiger partial charge in [0, 0.05) is 11.1 Å². The number of H-pyrrole nitrogens is 1. The highest BCUT2D eigenvalue weighted by Crippen LogP contribution is 2.30. The Hall–Kier alpha value is -3.17. The molecule has 2 aromatic carbocycles. The number of nitrogens with one attached hydrogen (secondary N) is 2. The zero-order valence-corrected chi connectivity index (χ0v) is 17.9. The molecule has 5 aromatic rings. The number of anilines is 2. The zero-order valence-electron chi connectivity index (χ0n) is 16.2. The normalized spacial score (nSPS) is 11.4. The Bertz CT molecular complexity index is 1440. The number of hydrogen-bond donors (Lipinski definition) is 2. The lowest BCUT2D eigenvalue weighted by molar-refractivity contribution is 0.660. The second kappa shape index (κ2) is 7.58. The maximum atomic E-state index is 12.4. The van der Waals surface area contributed by atoms with Gasteiger partial charge in [-0.2, -0.15) is 0 Å². The third-order valence-corrected chi connectivity index (χ3v) is 6.76. The molecule has 7 nitrogen and oxygen atoms in total. The Balaban J connectivity index is 1.34. The summed E-state index contributed by atoms with van der Waals surface area (Å²) in [6.45, 7) is 4.16. The summed E-state index contributed by atoms with van der Waals surface area (Å²) < 4.78 is 6.43. The van der Waals surface area contributed by atoms with Crippen LogP contribution >= 0.6 is 23.1 Å². The third kappa shape index (κ3) is 3.57. The monoisotopic (exact) mass is 435 g/mol. The molecule has 5 rings (SSSR count). The number of aromatic amines is 1. The van der Waals surface area contributed by atoms with Gasteiger partial charge in [-0.15, -0.1) is 10.2 Å². The van der Waals surface area contributed by atoms with E-state index < -0.39 is 0 Å². The van der Waals surface area contributed by atoms with Crippen LogP contribution in [0.4, 0.5) is 10.8 Å². The summed E-state index contributed by atoms with van der Waals surface area (Å²) in [6.07, 6.45) is 0. The molecule has 0 amide bonds. The van der Waals surface area contributed by atoms with Crippen molar-refractivity contribution in [3.8, 4) is 0 Å². The number of thioether (sulfide) groups is 1. The minimum absolute atomic E-state index is 0.251. The summed E-state index contributed by atoms with van der Waals surface area (Å²) in [4.78, 5) is 19.8. The molecule has 9 heteroatoms. The lowest BCUT2D eigenvalue weighted by Gasteiger charge is -2.05. The molecule has 0 saturated carbocycles. The van der Waals surface area contributed by atoms with E-state index in [0.29, 0.717) is 22.7 Å². The van der Waals surface area contributed by atoms with Crippen molar-refractivity contribution in [2.45, 2.75) is 23.9 Å². The van der Waals surface area contributed by atoms with Crippen molar-refractivity contribution >= 4 is 56.0 Å². The van der Waals surface area contributed by atoms with Crippen molar-refractivity contribution < 1.29 is 4.42 Å². The van der Waals surface area contributed by atoms with Crippen LogP contribution in [0.5, 0.6) is 0 Å². The van der Waals surface area contributed by atoms with Gasteiger partial charge in [0.2, 0.25) is 10.7 Å². The van der Waals surface area contributed by atoms with Crippen LogP contribution in [0.3, 0.4) is 0 Å². The number of aromatic nitrogens is 4. The number of rotatable bonds is 5. The molecule has 0 aliphatic heterocycles. The van der Waals surface area contributed by atoms with Gasteiger partial charge in [0.15, 0.2) is 4.34 Å². The predicted octanol–water partition coefficient (Wildman–Crippen LogP) is 5.17. The standard InChI is InChI=1S/C21H17N5O2S2/c1-11-7-8-13(9-12(11)2)22-20-25-26-21(30-20)29-10-16-23-17-14-5-3-4-6-15(14)28-18(17)19(27)24-16/h3-9H,10H2,1-2H3,(H,22,25)(H,23,24,27). The van der Waals surface area contributed by atoms with Crippen molar-refractivity contribution in [3.05, 3.63) is 69.8 Å². The number of nitrogens with zero attached hydrogens (tertiary/aromatic N) is 3. The number of benzene rings is 2. The average molecular weight is 436 g/mol. The summed E-state index contributed by atoms with van der Waals surface area (Å²) in [5, 5.41) is 13.3. The number of fused-ring (bicyclic) bond motifs is 3. The second-order valence-electron chi connectivity index (χ2n) is 6.87. The Kier molecular flexibility index (Phi) is 4.76. The molecule has 2 N–H and O–H groups in total. The van der Waals surface area contributed by atoms with E-state index in [2.05, 4.69) is 51.5 Å². The highest BCUT2D eigenvalue weighted by molar-refractivity contribution is 8.00. The Labute approximate surface area is 179 Å². The molecular weight excluding hydrogens is 418 g/mol. The van der Waals surface area contributed by atoms with Gasteiger partial charge in [0.05, 0.1) is 5.75 Å². The minimum Gasteiger partial charge on any atom is -0.449 e. The average Bonchev–Trinajstić information content (AvgIpc) is 3.34. The van der Waals surface area contributed by atoms with E-state index in [4.69, 9.17) is 4.42 Å². The maximum Gasteiger partial charge on any atom is 0.294 e. The molecule has 0 unspecified atom stereocenters. The zero-order chi connectivity index (χ0) is 20.7. The van der Waals surface area contributed by atoms with Crippen LogP contribution in [0.25, 0.3) is 22.1 Å². The predicted molar refractivity (Wildman–Crippen MR) is 121 cm³/mol. The molecule has 0 radical (unpaired) electrons. The van der Waals surface area contributed by atoms with E-state index in [1.807, 2.05) is 30.3 Å². The molecule has 0 aliphatic carbocycles. The van der Waals surface area contributed by atoms with Crippen molar-refractivity contribution in [2.75, 3.05) is 5.32 Å². The molecule has 0 atom stereocenters. The molecular formula is C21H17N5O2S2. The lowest BCUT2D eigenvalue weighted by Crippen LogP contribution is -2.10. The summed E-state index contributed by atoms with van der Waals surface area (Å²) in [5.41, 5.74) is 4.66. The van der Waals surface area contributed by atoms with E-state index >= 15 is 0 Å². The summed E-state index contributed by atoms with van der Waals surface area (Å²) >= 11 is 2.94. The first kappa shape index (κ1) is 18.8. The fourth-order valence-electron chi connectivity index (χ4n) is 3.11. The van der Waals surface area contributed by atoms with Gasteiger partial charge in [-0.3, -0.25) is 4.79 Å². The fourth-order valence-corrected chi connectivity index (χ4v) is 4.75. The smallest absolute Gasteiger partial charge is 0.294 e. The number of aryl methyl sites for hydroxylation is 2. The van der Waals surface area contributed by atoms with Crippen molar-refractivity contribution in [1.29, 1.82) is 0 Å². The Morgan fingerprint density at radius 3 is 2.87 bits per heavy atom. The first-order valence-electron chi connectivity index (χ1n) is 9.28. The topological polar surface area (TPSA) is 96.7 Å². The van der Waals surface area contributed by atoms with Gasteiger partial charge < -0.3 is 14.7 Å². The van der Waals surface area contributed by atoms with Gasteiger partial charge in [-0.25, -0.2) is 4.98 Å². The molecule has 0 spiro atoms. The van der Waals surface area contributed by atoms with E-state index in [1.165, 1.54) is 34.2 Å². The van der Waals surface area contributed by atoms with Gasteiger partial charge in [-0.05, 0) is 49.2 Å². The highest BCUT2D eigenvalue weighted by Gasteiger charge is 2.14. The third-order valence-electron chi connectivity index (χ3n) is 4.78. The van der Waals surface area contributed by atoms with Crippen LogP contribution in [-0.4, -0.2) is 20.2 Å². The van der Waals surface area contributed by atoms with Crippen LogP contribution in [0.15, 0.2) is 56.0 Å². The minimum atomic E-state index is -0.277. The molecule has 0 aliphatic rings. The molecule has 0 saturated heterocycles. The first-order valence-corrected chi connectivity index (χ1v) is 11.1. The van der Waals surface area contributed by atoms with Crippen LogP contribution in [0, 0.1) is 13.8 Å². The Morgan fingerprint density at radius 2 is 2.00 bits per heavy atom. The van der Waals surface area contributed by atoms with E-state index in [-0.39, 0.29) is 11.1 Å². The van der Waals surface area contributed by atoms with Gasteiger partial charge >= 0.3 is 0 Å². The second-order valence-corrected chi connectivity index (χ2v) is 9.07. The fraction of sp³-hybridized carbons (Fsp3) is 0.143. The molecule has 0 fully saturated rings. The van der Waals surface area contributed by atoms with Crippen LogP contribution < -0.4 is 10.9 Å². The summed E-state index contributed by atoms with van der Waals surface area (Å²) in [5.74, 6) is 1.05. The van der Waals surface area contributed by atoms with Crippen LogP contribution in [0.2, 0.25) is 0 Å². The summed E-state index contributed by atoms with van der Waals surface area (Å²) in [7, 11) is 0. The number of para-hydroxylation sites is 1. The molecule has 30 heavy (non-hydrogen) atoms. The Morgan fingerprint density at radius 1 is 1.13 bits per heavy atom. The van der Waals surface area contributed by atoms with Crippen LogP contribution in [-0.2, 0) is 5.75 Å². The van der Waals surface area contributed by atoms with E-state index in [9.17, 15) is 4.79 Å².